The highest BCUT2D eigenvalue weighted by Gasteiger charge is 2.55. The van der Waals surface area contributed by atoms with E-state index in [-0.39, 0.29) is 12.1 Å². The van der Waals surface area contributed by atoms with Gasteiger partial charge in [-0.1, -0.05) is 0 Å². The minimum absolute atomic E-state index is 0.210. The molecule has 0 fully saturated rings. The molecule has 0 radical (unpaired) electrons. The summed E-state index contributed by atoms with van der Waals surface area (Å²) >= 11 is 0. The number of carboxylic acids is 1. The molecule has 5 aliphatic rings. The van der Waals surface area contributed by atoms with Gasteiger partial charge in [-0.2, -0.15) is 0 Å². The van der Waals surface area contributed by atoms with Gasteiger partial charge in [0.25, 0.3) is 0 Å². The van der Waals surface area contributed by atoms with E-state index in [0.29, 0.717) is 12.1 Å². The van der Waals surface area contributed by atoms with Crippen LogP contribution in [0, 0.1) is 0 Å². The van der Waals surface area contributed by atoms with Crippen LogP contribution in [0.1, 0.15) is 73.8 Å². The van der Waals surface area contributed by atoms with E-state index in [1.54, 1.807) is 0 Å². The number of aromatic hydroxyl groups is 17. The molecule has 6 bridgehead atoms. The third-order valence-corrected chi connectivity index (χ3v) is 13.1. The molecule has 11 rings (SSSR count). The lowest BCUT2D eigenvalue weighted by Gasteiger charge is -2.40. The van der Waals surface area contributed by atoms with Gasteiger partial charge in [-0.3, -0.25) is 0 Å². The van der Waals surface area contributed by atoms with Crippen LogP contribution in [0.25, 0.3) is 33.4 Å². The Balaban J connectivity index is 1.30. The van der Waals surface area contributed by atoms with Crippen LogP contribution in [0.3, 0.4) is 0 Å². The number of phenols is 17. The fraction of sp³-hybridized carbons (Fsp3) is 0.125. The number of phenolic OH excluding ortho intramolecular Hbond substituents is 17. The number of carbonyl (C=O) groups is 6. The van der Waals surface area contributed by atoms with Crippen molar-refractivity contribution in [3.05, 3.63) is 63.2 Å². The van der Waals surface area contributed by atoms with Gasteiger partial charge in [0, 0.05) is 45.0 Å². The minimum atomic E-state index is -2.93. The molecule has 6 aromatic rings. The van der Waals surface area contributed by atoms with Crippen molar-refractivity contribution in [2.24, 2.45) is 0 Å². The zero-order valence-electron chi connectivity index (χ0n) is 38.3. The molecule has 0 amide bonds. The summed E-state index contributed by atoms with van der Waals surface area (Å²) in [4.78, 5) is 86.1. The number of aliphatic hydroxyl groups is 1. The van der Waals surface area contributed by atoms with Crippen LogP contribution >= 0.6 is 0 Å². The average molecular weight is 1100 g/mol. The first-order chi connectivity index (χ1) is 37.1. The smallest absolute Gasteiger partial charge is 0.340 e. The summed E-state index contributed by atoms with van der Waals surface area (Å²) in [5.74, 6) is -41.7. The number of rotatable bonds is 3. The fourth-order valence-electron chi connectivity index (χ4n) is 9.47. The normalized spacial score (nSPS) is 19.1. The summed E-state index contributed by atoms with van der Waals surface area (Å²) in [6.45, 7) is -1.63. The van der Waals surface area contributed by atoms with Crippen LogP contribution in [0.2, 0.25) is 0 Å². The van der Waals surface area contributed by atoms with Gasteiger partial charge in [0.1, 0.15) is 18.3 Å². The first-order valence-corrected chi connectivity index (χ1v) is 21.8. The zero-order valence-corrected chi connectivity index (χ0v) is 38.3. The van der Waals surface area contributed by atoms with E-state index in [4.69, 9.17) is 28.4 Å². The lowest BCUT2D eigenvalue weighted by molar-refractivity contribution is -0.154. The highest BCUT2D eigenvalue weighted by atomic mass is 16.6. The van der Waals surface area contributed by atoms with E-state index in [1.807, 2.05) is 0 Å². The Kier molecular flexibility index (Phi) is 11.2. The largest absolute Gasteiger partial charge is 0.504 e. The molecule has 0 aromatic heterocycles. The maximum absolute atomic E-state index is 15.2. The number of hydrogen-bond acceptors (Lipinski definition) is 30. The highest BCUT2D eigenvalue weighted by Crippen LogP contribution is 2.62. The summed E-state index contributed by atoms with van der Waals surface area (Å²) in [5.41, 5.74) is -17.4. The number of carbonyl (C=O) groups excluding carboxylic acids is 5. The Bertz CT molecular complexity index is 3880. The first kappa shape index (κ1) is 51.0. The van der Waals surface area contributed by atoms with Gasteiger partial charge >= 0.3 is 35.8 Å². The van der Waals surface area contributed by atoms with E-state index >= 15 is 9.59 Å². The molecule has 0 aliphatic carbocycles. The van der Waals surface area contributed by atoms with Crippen LogP contribution in [-0.4, -0.2) is 164 Å². The van der Waals surface area contributed by atoms with Crippen molar-refractivity contribution in [2.75, 3.05) is 6.61 Å². The van der Waals surface area contributed by atoms with Gasteiger partial charge in [0.05, 0.1) is 27.8 Å². The monoisotopic (exact) mass is 1100 g/mol. The molecule has 5 aliphatic heterocycles. The molecular weight excluding hydrogens is 1070 g/mol. The number of aliphatic hydroxyl groups excluding tert-OH is 1. The maximum atomic E-state index is 15.2. The molecule has 6 aromatic carbocycles. The predicted octanol–water partition coefficient (Wildman–Crippen LogP) is 2.22. The number of ether oxygens (including phenoxy) is 6. The van der Waals surface area contributed by atoms with Gasteiger partial charge in [-0.05, 0) is 18.2 Å². The van der Waals surface area contributed by atoms with Crippen LogP contribution in [0.4, 0.5) is 0 Å². The number of aromatic carboxylic acids is 1. The lowest BCUT2D eigenvalue weighted by atomic mass is 9.80. The van der Waals surface area contributed by atoms with E-state index in [1.165, 1.54) is 0 Å². The van der Waals surface area contributed by atoms with Gasteiger partial charge in [0.15, 0.2) is 93.4 Å². The Hall–Kier alpha value is -11.5. The quantitative estimate of drug-likeness (QED) is 0.0686. The van der Waals surface area contributed by atoms with Crippen molar-refractivity contribution in [1.29, 1.82) is 0 Å². The van der Waals surface area contributed by atoms with Gasteiger partial charge < -0.3 is 125 Å². The van der Waals surface area contributed by atoms with E-state index in [2.05, 4.69) is 0 Å². The maximum Gasteiger partial charge on any atom is 0.340 e. The van der Waals surface area contributed by atoms with Crippen LogP contribution < -0.4 is 4.74 Å². The fourth-order valence-corrected chi connectivity index (χ4v) is 9.47. The second kappa shape index (κ2) is 17.3. The molecule has 5 atom stereocenters. The zero-order chi connectivity index (χ0) is 57.6. The molecule has 0 unspecified atom stereocenters. The summed E-state index contributed by atoms with van der Waals surface area (Å²) in [5, 5.41) is 211. The minimum Gasteiger partial charge on any atom is -0.504 e. The summed E-state index contributed by atoms with van der Waals surface area (Å²) in [6.07, 6.45) is -14.1. The van der Waals surface area contributed by atoms with Crippen molar-refractivity contribution in [3.63, 3.8) is 0 Å². The van der Waals surface area contributed by atoms with Crippen molar-refractivity contribution < 1.29 is 154 Å². The van der Waals surface area contributed by atoms with Crippen LogP contribution in [0.15, 0.2) is 24.3 Å². The summed E-state index contributed by atoms with van der Waals surface area (Å²) in [6, 6.07) is 1.11. The molecule has 408 valence electrons. The van der Waals surface area contributed by atoms with Gasteiger partial charge in [-0.15, -0.1) is 0 Å². The Morgan fingerprint density at radius 3 is 1.39 bits per heavy atom. The highest BCUT2D eigenvalue weighted by molar-refractivity contribution is 6.16. The van der Waals surface area contributed by atoms with Crippen molar-refractivity contribution in [3.8, 4) is 143 Å². The Morgan fingerprint density at radius 2 is 0.810 bits per heavy atom. The van der Waals surface area contributed by atoms with Crippen molar-refractivity contribution >= 4 is 35.8 Å². The summed E-state index contributed by atoms with van der Waals surface area (Å²) in [7, 11) is 0. The van der Waals surface area contributed by atoms with E-state index in [9.17, 15) is 116 Å². The Morgan fingerprint density at radius 1 is 0.392 bits per heavy atom. The number of fused-ring (bicyclic) bond motifs is 7. The summed E-state index contributed by atoms with van der Waals surface area (Å²) < 4.78 is 33.4. The second-order valence-electron chi connectivity index (χ2n) is 17.4. The predicted molar refractivity (Wildman–Crippen MR) is 243 cm³/mol. The van der Waals surface area contributed by atoms with Crippen molar-refractivity contribution in [1.82, 2.24) is 0 Å². The average Bonchev–Trinajstić information content (AvgIpc) is 3.24. The molecule has 0 saturated heterocycles. The number of cyclic esters (lactones) is 1. The third kappa shape index (κ3) is 7.09. The Labute approximate surface area is 432 Å². The molecule has 19 N–H and O–H groups in total. The number of esters is 5. The number of benzene rings is 6. The molecule has 5 heterocycles. The standard InChI is InChI=1S/C48H30O31/c49-10-1-6-15(27(56)24(10)53)16-8(3-13(52)39(33(16)62)76-38-9(43(67)68)4-12(51)26(55)37(38)66)46(71)77-40-14(5-74-44(6)69)75-45(70)7-2-11(50)25(54)28(57)17(7)18-21-19(30(59)35(64)29(18)58)20-22-23(32(61)36(65)31(20)60)34(63)41(78-48(22)73)42(40)79-47(21)72/h1-4,14,34,40-42,49-66H,5H2,(H,67,68)/t14-,34-,40-,41+,42+/m1/s1. The molecule has 31 nitrogen and oxygen atoms in total. The molecule has 79 heavy (non-hydrogen) atoms. The first-order valence-electron chi connectivity index (χ1n) is 21.8. The number of hydrogen-bond donors (Lipinski definition) is 19. The molecule has 31 heteroatoms. The third-order valence-electron chi connectivity index (χ3n) is 13.1. The molecule has 0 saturated carbocycles. The molecular formula is C48H30O31. The molecule has 0 spiro atoms. The van der Waals surface area contributed by atoms with Gasteiger partial charge in [-0.25, -0.2) is 28.8 Å². The SMILES string of the molecule is O=C(O)c1cc(O)c(O)c(O)c1Oc1c(O)cc2c(c1O)-c1c(cc(O)c(O)c1O)C(=O)OC[C@H]1OC(=O)c3cc(O)c(O)c(O)c3-c3c(O)c(O)c(O)c4c3C(=O)O[C@H]([C@H]3OC(=O)c5c-4c(O)c(O)c(O)c5[C@H]3O)[C@@H]1OC2=O. The second-order valence-corrected chi connectivity index (χ2v) is 17.4. The van der Waals surface area contributed by atoms with Crippen LogP contribution in [0.5, 0.6) is 109 Å². The van der Waals surface area contributed by atoms with Gasteiger partial charge in [0.2, 0.25) is 40.2 Å². The topological polar surface area (TPSA) is 542 Å². The van der Waals surface area contributed by atoms with E-state index in [0.717, 1.165) is 0 Å². The lowest BCUT2D eigenvalue weighted by Crippen LogP contribution is -2.56. The van der Waals surface area contributed by atoms with E-state index < -0.39 is 255 Å². The van der Waals surface area contributed by atoms with Crippen molar-refractivity contribution in [2.45, 2.75) is 30.5 Å². The number of carboxylic acid groups (broad SMARTS) is 1. The van der Waals surface area contributed by atoms with Crippen LogP contribution in [-0.2, 0) is 23.7 Å².